The average Bonchev–Trinajstić information content (AvgIpc) is 2.83. The predicted octanol–water partition coefficient (Wildman–Crippen LogP) is 3.00. The summed E-state index contributed by atoms with van der Waals surface area (Å²) in [6, 6.07) is 4.38. The number of Topliss-reactive ketones (excluding diaryl/α,β-unsaturated/α-hetero) is 1. The van der Waals surface area contributed by atoms with Gasteiger partial charge in [0, 0.05) is 12.1 Å². The van der Waals surface area contributed by atoms with Crippen molar-refractivity contribution in [2.45, 2.75) is 13.1 Å². The van der Waals surface area contributed by atoms with E-state index in [1.807, 2.05) is 0 Å². The minimum Gasteiger partial charge on any atom is -0.294 e. The number of rotatable bonds is 3. The van der Waals surface area contributed by atoms with Gasteiger partial charge < -0.3 is 0 Å². The molecule has 0 spiro atoms. The highest BCUT2D eigenvalue weighted by Crippen LogP contribution is 2.34. The van der Waals surface area contributed by atoms with Gasteiger partial charge in [0.25, 0.3) is 5.69 Å². The van der Waals surface area contributed by atoms with E-state index >= 15 is 0 Å². The van der Waals surface area contributed by atoms with Crippen molar-refractivity contribution in [3.63, 3.8) is 0 Å². The molecule has 0 aliphatic carbocycles. The van der Waals surface area contributed by atoms with Crippen molar-refractivity contribution in [3.05, 3.63) is 51.8 Å². The Morgan fingerprint density at radius 3 is 2.29 bits per heavy atom. The van der Waals surface area contributed by atoms with Gasteiger partial charge in [-0.2, -0.15) is 18.3 Å². The lowest BCUT2D eigenvalue weighted by atomic mass is 10.1. The van der Waals surface area contributed by atoms with Crippen molar-refractivity contribution in [1.82, 2.24) is 9.78 Å². The molecule has 0 unspecified atom stereocenters. The number of non-ortho nitro benzene ring substituents is 1. The molecule has 0 aliphatic rings. The molecule has 0 saturated heterocycles. The molecular formula is C12H8F3N3O3. The zero-order valence-electron chi connectivity index (χ0n) is 10.6. The Hall–Kier alpha value is -2.71. The van der Waals surface area contributed by atoms with E-state index in [-0.39, 0.29) is 11.4 Å². The molecule has 1 aromatic carbocycles. The van der Waals surface area contributed by atoms with Crippen molar-refractivity contribution >= 4 is 11.5 Å². The fourth-order valence-electron chi connectivity index (χ4n) is 1.79. The van der Waals surface area contributed by atoms with E-state index in [0.717, 1.165) is 37.4 Å². The lowest BCUT2D eigenvalue weighted by Gasteiger charge is -2.11. The van der Waals surface area contributed by atoms with Crippen LogP contribution in [0.5, 0.6) is 0 Å². The topological polar surface area (TPSA) is 78.0 Å². The molecule has 110 valence electrons. The fourth-order valence-corrected chi connectivity index (χ4v) is 1.79. The summed E-state index contributed by atoms with van der Waals surface area (Å²) < 4.78 is 39.8. The maximum absolute atomic E-state index is 13.1. The number of nitro benzene ring substituents is 1. The van der Waals surface area contributed by atoms with E-state index in [1.165, 1.54) is 0 Å². The molecule has 0 fully saturated rings. The molecule has 9 heteroatoms. The molecule has 2 rings (SSSR count). The van der Waals surface area contributed by atoms with Crippen LogP contribution in [0.4, 0.5) is 18.9 Å². The summed E-state index contributed by atoms with van der Waals surface area (Å²) >= 11 is 0. The fraction of sp³-hybridized carbons (Fsp3) is 0.167. The first-order chi connectivity index (χ1) is 9.71. The van der Waals surface area contributed by atoms with Gasteiger partial charge in [-0.25, -0.2) is 4.68 Å². The standard InChI is InChI=1S/C12H8F3N3O3/c1-7(19)10-6-16-17(11(10)12(13,14)15)8-2-4-9(5-3-8)18(20)21/h2-6H,1H3. The van der Waals surface area contributed by atoms with Crippen LogP contribution in [0.3, 0.4) is 0 Å². The SMILES string of the molecule is CC(=O)c1cnn(-c2ccc([N+](=O)[O-])cc2)c1C(F)(F)F. The first-order valence-electron chi connectivity index (χ1n) is 5.63. The molecular weight excluding hydrogens is 291 g/mol. The minimum atomic E-state index is -4.78. The van der Waals surface area contributed by atoms with E-state index in [9.17, 15) is 28.1 Å². The van der Waals surface area contributed by atoms with Crippen LogP contribution < -0.4 is 0 Å². The van der Waals surface area contributed by atoms with Crippen LogP contribution in [0.25, 0.3) is 5.69 Å². The molecule has 0 aliphatic heterocycles. The molecule has 2 aromatic rings. The number of ketones is 1. The van der Waals surface area contributed by atoms with Crippen LogP contribution in [-0.4, -0.2) is 20.5 Å². The minimum absolute atomic E-state index is 0.0274. The normalized spacial score (nSPS) is 11.4. The van der Waals surface area contributed by atoms with Gasteiger partial charge >= 0.3 is 6.18 Å². The number of carbonyl (C=O) groups is 1. The maximum Gasteiger partial charge on any atom is 0.434 e. The van der Waals surface area contributed by atoms with Crippen LogP contribution >= 0.6 is 0 Å². The summed E-state index contributed by atoms with van der Waals surface area (Å²) in [6.45, 7) is 1.01. The number of carbonyl (C=O) groups excluding carboxylic acids is 1. The number of benzene rings is 1. The molecule has 21 heavy (non-hydrogen) atoms. The first-order valence-corrected chi connectivity index (χ1v) is 5.63. The summed E-state index contributed by atoms with van der Waals surface area (Å²) in [7, 11) is 0. The van der Waals surface area contributed by atoms with E-state index in [2.05, 4.69) is 5.10 Å². The number of nitro groups is 1. The second-order valence-corrected chi connectivity index (χ2v) is 4.15. The molecule has 6 nitrogen and oxygen atoms in total. The zero-order valence-corrected chi connectivity index (χ0v) is 10.6. The maximum atomic E-state index is 13.1. The molecule has 0 amide bonds. The number of hydrogen-bond donors (Lipinski definition) is 0. The highest BCUT2D eigenvalue weighted by Gasteiger charge is 2.39. The average molecular weight is 299 g/mol. The number of nitrogens with zero attached hydrogens (tertiary/aromatic N) is 3. The van der Waals surface area contributed by atoms with Gasteiger partial charge in [0.2, 0.25) is 0 Å². The number of hydrogen-bond acceptors (Lipinski definition) is 4. The van der Waals surface area contributed by atoms with Gasteiger partial charge in [0.05, 0.1) is 22.4 Å². The number of halogens is 3. The Kier molecular flexibility index (Phi) is 3.50. The third-order valence-electron chi connectivity index (χ3n) is 2.72. The largest absolute Gasteiger partial charge is 0.434 e. The molecule has 1 heterocycles. The van der Waals surface area contributed by atoms with Gasteiger partial charge in [-0.1, -0.05) is 0 Å². The molecule has 1 aromatic heterocycles. The van der Waals surface area contributed by atoms with E-state index in [4.69, 9.17) is 0 Å². The smallest absolute Gasteiger partial charge is 0.294 e. The van der Waals surface area contributed by atoms with Gasteiger partial charge in [-0.15, -0.1) is 0 Å². The number of aromatic nitrogens is 2. The van der Waals surface area contributed by atoms with Gasteiger partial charge in [0.1, 0.15) is 0 Å². The second-order valence-electron chi connectivity index (χ2n) is 4.15. The van der Waals surface area contributed by atoms with Crippen molar-refractivity contribution < 1.29 is 22.9 Å². The van der Waals surface area contributed by atoms with Crippen molar-refractivity contribution in [3.8, 4) is 5.69 Å². The van der Waals surface area contributed by atoms with Gasteiger partial charge in [0.15, 0.2) is 11.5 Å². The lowest BCUT2D eigenvalue weighted by molar-refractivity contribution is -0.384. The Bertz CT molecular complexity index is 705. The Morgan fingerprint density at radius 2 is 1.86 bits per heavy atom. The monoisotopic (exact) mass is 299 g/mol. The van der Waals surface area contributed by atoms with Crippen LogP contribution in [0.1, 0.15) is 23.0 Å². The quantitative estimate of drug-likeness (QED) is 0.496. The molecule has 0 atom stereocenters. The Morgan fingerprint density at radius 1 is 1.29 bits per heavy atom. The van der Waals surface area contributed by atoms with E-state index in [1.54, 1.807) is 0 Å². The zero-order chi connectivity index (χ0) is 15.8. The van der Waals surface area contributed by atoms with Crippen molar-refractivity contribution in [1.29, 1.82) is 0 Å². The predicted molar refractivity (Wildman–Crippen MR) is 65.2 cm³/mol. The summed E-state index contributed by atoms with van der Waals surface area (Å²) in [5, 5.41) is 14.1. The van der Waals surface area contributed by atoms with E-state index < -0.39 is 28.1 Å². The Balaban J connectivity index is 2.59. The van der Waals surface area contributed by atoms with Crippen LogP contribution in [-0.2, 0) is 6.18 Å². The highest BCUT2D eigenvalue weighted by molar-refractivity contribution is 5.95. The van der Waals surface area contributed by atoms with Gasteiger partial charge in [-0.05, 0) is 19.1 Å². The first kappa shape index (κ1) is 14.7. The summed E-state index contributed by atoms with van der Waals surface area (Å²) in [6.07, 6.45) is -3.95. The number of alkyl halides is 3. The molecule has 0 radical (unpaired) electrons. The molecule has 0 saturated carbocycles. The second kappa shape index (κ2) is 5.00. The van der Waals surface area contributed by atoms with Crippen LogP contribution in [0.15, 0.2) is 30.5 Å². The summed E-state index contributed by atoms with van der Waals surface area (Å²) in [4.78, 5) is 21.1. The summed E-state index contributed by atoms with van der Waals surface area (Å²) in [5.41, 5.74) is -2.05. The van der Waals surface area contributed by atoms with Gasteiger partial charge in [-0.3, -0.25) is 14.9 Å². The third kappa shape index (κ3) is 2.76. The van der Waals surface area contributed by atoms with E-state index in [0.29, 0.717) is 4.68 Å². The molecule has 0 bridgehead atoms. The van der Waals surface area contributed by atoms with Crippen LogP contribution in [0.2, 0.25) is 0 Å². The van der Waals surface area contributed by atoms with Crippen molar-refractivity contribution in [2.75, 3.05) is 0 Å². The van der Waals surface area contributed by atoms with Crippen molar-refractivity contribution in [2.24, 2.45) is 0 Å². The Labute approximate surface area is 116 Å². The highest BCUT2D eigenvalue weighted by atomic mass is 19.4. The summed E-state index contributed by atoms with van der Waals surface area (Å²) in [5.74, 6) is -0.768. The van der Waals surface area contributed by atoms with Crippen LogP contribution in [0, 0.1) is 10.1 Å². The third-order valence-corrected chi connectivity index (χ3v) is 2.72. The lowest BCUT2D eigenvalue weighted by Crippen LogP contribution is -2.16. The molecule has 0 N–H and O–H groups in total.